The Labute approximate surface area is 127 Å². The summed E-state index contributed by atoms with van der Waals surface area (Å²) in [4.78, 5) is 13.6. The van der Waals surface area contributed by atoms with Gasteiger partial charge in [0.2, 0.25) is 5.91 Å². The van der Waals surface area contributed by atoms with Crippen LogP contribution in [0.15, 0.2) is 24.3 Å². The number of nitrogens with zero attached hydrogens (tertiary/aromatic N) is 1. The Morgan fingerprint density at radius 3 is 2.64 bits per heavy atom. The van der Waals surface area contributed by atoms with Crippen LogP contribution in [0.25, 0.3) is 0 Å². The van der Waals surface area contributed by atoms with E-state index in [4.69, 9.17) is 5.73 Å². The molecule has 1 aliphatic heterocycles. The summed E-state index contributed by atoms with van der Waals surface area (Å²) in [5, 5.41) is 0. The summed E-state index contributed by atoms with van der Waals surface area (Å²) >= 11 is 0. The summed E-state index contributed by atoms with van der Waals surface area (Å²) in [7, 11) is 0. The van der Waals surface area contributed by atoms with E-state index < -0.39 is 11.7 Å². The molecule has 1 atom stereocenters. The first-order valence-electron chi connectivity index (χ1n) is 7.49. The molecular formula is C16H19F3N2O. The lowest BCUT2D eigenvalue weighted by Crippen LogP contribution is -2.49. The molecule has 6 heteroatoms. The number of alkyl halides is 3. The monoisotopic (exact) mass is 312 g/mol. The second-order valence-corrected chi connectivity index (χ2v) is 6.54. The predicted molar refractivity (Wildman–Crippen MR) is 75.7 cm³/mol. The maximum absolute atomic E-state index is 12.8. The van der Waals surface area contributed by atoms with Crippen LogP contribution in [0.5, 0.6) is 0 Å². The molecule has 22 heavy (non-hydrogen) atoms. The highest BCUT2D eigenvalue weighted by molar-refractivity contribution is 5.80. The normalized spacial score (nSPS) is 24.4. The first kappa shape index (κ1) is 15.3. The zero-order valence-electron chi connectivity index (χ0n) is 12.2. The minimum atomic E-state index is -4.35. The highest BCUT2D eigenvalue weighted by atomic mass is 19.4. The summed E-state index contributed by atoms with van der Waals surface area (Å²) in [5.41, 5.74) is 5.67. The summed E-state index contributed by atoms with van der Waals surface area (Å²) in [6.45, 7) is 1.04. The molecule has 2 fully saturated rings. The Balaban J connectivity index is 1.75. The predicted octanol–water partition coefficient (Wildman–Crippen LogP) is 2.94. The number of rotatable bonds is 3. The lowest BCUT2D eigenvalue weighted by atomic mass is 9.87. The van der Waals surface area contributed by atoms with Crippen LogP contribution in [0.1, 0.15) is 36.8 Å². The van der Waals surface area contributed by atoms with E-state index in [1.54, 1.807) is 6.07 Å². The number of halogens is 3. The van der Waals surface area contributed by atoms with E-state index in [0.29, 0.717) is 18.7 Å². The van der Waals surface area contributed by atoms with E-state index in [1.165, 1.54) is 6.07 Å². The minimum Gasteiger partial charge on any atom is -0.368 e. The van der Waals surface area contributed by atoms with Crippen molar-refractivity contribution in [3.63, 3.8) is 0 Å². The quantitative estimate of drug-likeness (QED) is 0.933. The van der Waals surface area contributed by atoms with Gasteiger partial charge in [-0.3, -0.25) is 9.69 Å². The summed E-state index contributed by atoms with van der Waals surface area (Å²) in [6, 6.07) is 4.91. The van der Waals surface area contributed by atoms with Crippen LogP contribution in [-0.4, -0.2) is 23.4 Å². The Bertz CT molecular complexity index is 581. The van der Waals surface area contributed by atoms with Crippen molar-refractivity contribution in [1.29, 1.82) is 0 Å². The molecule has 2 N–H and O–H groups in total. The van der Waals surface area contributed by atoms with Gasteiger partial charge in [-0.25, -0.2) is 0 Å². The van der Waals surface area contributed by atoms with Crippen molar-refractivity contribution in [2.45, 2.75) is 44.4 Å². The van der Waals surface area contributed by atoms with Crippen molar-refractivity contribution < 1.29 is 18.0 Å². The minimum absolute atomic E-state index is 0.268. The third kappa shape index (κ3) is 3.11. The van der Waals surface area contributed by atoms with Gasteiger partial charge < -0.3 is 5.73 Å². The van der Waals surface area contributed by atoms with E-state index in [9.17, 15) is 18.0 Å². The molecule has 1 saturated carbocycles. The maximum Gasteiger partial charge on any atom is 0.416 e. The zero-order chi connectivity index (χ0) is 16.0. The number of hydrogen-bond acceptors (Lipinski definition) is 2. The smallest absolute Gasteiger partial charge is 0.368 e. The van der Waals surface area contributed by atoms with Gasteiger partial charge >= 0.3 is 6.18 Å². The van der Waals surface area contributed by atoms with Crippen LogP contribution in [0, 0.1) is 5.41 Å². The number of amides is 1. The summed E-state index contributed by atoms with van der Waals surface area (Å²) < 4.78 is 38.3. The van der Waals surface area contributed by atoms with Gasteiger partial charge in [0.1, 0.15) is 0 Å². The Morgan fingerprint density at radius 2 is 2.05 bits per heavy atom. The number of carbonyl (C=O) groups excluding carboxylic acids is 1. The first-order chi connectivity index (χ1) is 10.3. The first-order valence-corrected chi connectivity index (χ1v) is 7.49. The topological polar surface area (TPSA) is 46.3 Å². The van der Waals surface area contributed by atoms with Gasteiger partial charge in [0, 0.05) is 6.54 Å². The molecule has 3 rings (SSSR count). The fraction of sp³-hybridized carbons (Fsp3) is 0.562. The van der Waals surface area contributed by atoms with Gasteiger partial charge in [-0.2, -0.15) is 13.2 Å². The molecule has 1 aliphatic carbocycles. The molecule has 1 aromatic carbocycles. The molecule has 1 unspecified atom stereocenters. The van der Waals surface area contributed by atoms with Gasteiger partial charge in [-0.15, -0.1) is 0 Å². The average Bonchev–Trinajstić information content (AvgIpc) is 3.20. The molecule has 1 spiro atoms. The van der Waals surface area contributed by atoms with Crippen LogP contribution < -0.4 is 5.73 Å². The number of likely N-dealkylation sites (tertiary alicyclic amines) is 1. The van der Waals surface area contributed by atoms with E-state index in [0.717, 1.165) is 37.8 Å². The number of primary amides is 1. The van der Waals surface area contributed by atoms with Crippen LogP contribution in [-0.2, 0) is 17.5 Å². The highest BCUT2D eigenvalue weighted by Gasteiger charge is 2.49. The highest BCUT2D eigenvalue weighted by Crippen LogP contribution is 2.55. The van der Waals surface area contributed by atoms with Crippen molar-refractivity contribution >= 4 is 5.91 Å². The number of nitrogens with two attached hydrogens (primary N) is 1. The molecule has 3 nitrogen and oxygen atoms in total. The van der Waals surface area contributed by atoms with Crippen LogP contribution >= 0.6 is 0 Å². The Morgan fingerprint density at radius 1 is 1.32 bits per heavy atom. The van der Waals surface area contributed by atoms with Crippen molar-refractivity contribution in [2.75, 3.05) is 6.54 Å². The Hall–Kier alpha value is -1.56. The van der Waals surface area contributed by atoms with Gasteiger partial charge in [-0.1, -0.05) is 18.2 Å². The van der Waals surface area contributed by atoms with Crippen molar-refractivity contribution in [3.8, 4) is 0 Å². The third-order valence-electron chi connectivity index (χ3n) is 4.92. The van der Waals surface area contributed by atoms with Gasteiger partial charge in [0.15, 0.2) is 0 Å². The van der Waals surface area contributed by atoms with Crippen molar-refractivity contribution in [3.05, 3.63) is 35.4 Å². The fourth-order valence-electron chi connectivity index (χ4n) is 3.36. The number of hydrogen-bond donors (Lipinski definition) is 1. The van der Waals surface area contributed by atoms with E-state index >= 15 is 0 Å². The fourth-order valence-corrected chi connectivity index (χ4v) is 3.36. The van der Waals surface area contributed by atoms with E-state index in [2.05, 4.69) is 0 Å². The Kier molecular flexibility index (Phi) is 3.67. The molecule has 1 amide bonds. The van der Waals surface area contributed by atoms with Gasteiger partial charge in [-0.05, 0) is 49.3 Å². The lowest BCUT2D eigenvalue weighted by Gasteiger charge is -2.38. The molecular weight excluding hydrogens is 293 g/mol. The van der Waals surface area contributed by atoms with E-state index in [-0.39, 0.29) is 17.4 Å². The molecule has 2 aliphatic rings. The molecule has 0 bridgehead atoms. The average molecular weight is 312 g/mol. The van der Waals surface area contributed by atoms with E-state index in [1.807, 2.05) is 4.90 Å². The van der Waals surface area contributed by atoms with Crippen molar-refractivity contribution in [2.24, 2.45) is 11.1 Å². The lowest BCUT2D eigenvalue weighted by molar-refractivity contribution is -0.137. The molecule has 120 valence electrons. The van der Waals surface area contributed by atoms with Crippen LogP contribution in [0.3, 0.4) is 0 Å². The number of carbonyl (C=O) groups is 1. The van der Waals surface area contributed by atoms with Gasteiger partial charge in [0.05, 0.1) is 11.6 Å². The number of piperidine rings is 1. The van der Waals surface area contributed by atoms with Crippen LogP contribution in [0.4, 0.5) is 13.2 Å². The summed E-state index contributed by atoms with van der Waals surface area (Å²) in [5.74, 6) is -0.377. The van der Waals surface area contributed by atoms with Crippen LogP contribution in [0.2, 0.25) is 0 Å². The zero-order valence-corrected chi connectivity index (χ0v) is 12.2. The third-order valence-corrected chi connectivity index (χ3v) is 4.92. The second-order valence-electron chi connectivity index (χ2n) is 6.54. The molecule has 0 radical (unpaired) electrons. The maximum atomic E-state index is 12.8. The molecule has 0 aromatic heterocycles. The van der Waals surface area contributed by atoms with Gasteiger partial charge in [0.25, 0.3) is 0 Å². The number of benzene rings is 1. The molecule has 1 heterocycles. The largest absolute Gasteiger partial charge is 0.416 e. The molecule has 1 saturated heterocycles. The second kappa shape index (κ2) is 5.26. The summed E-state index contributed by atoms with van der Waals surface area (Å²) in [6.07, 6.45) is -0.349. The SMILES string of the molecule is NC(=O)C1CC2(CCN1Cc1cccc(C(F)(F)F)c1)CC2. The van der Waals surface area contributed by atoms with Crippen molar-refractivity contribution in [1.82, 2.24) is 4.90 Å². The standard InChI is InChI=1S/C16H19F3N2O/c17-16(18,19)12-3-1-2-11(8-12)10-21-7-6-15(4-5-15)9-13(21)14(20)22/h1-3,8,13H,4-7,9-10H2,(H2,20,22). The molecule has 1 aromatic rings.